The maximum absolute atomic E-state index is 12.3. The second-order valence-electron chi connectivity index (χ2n) is 8.15. The summed E-state index contributed by atoms with van der Waals surface area (Å²) in [5.74, 6) is 0.654. The van der Waals surface area contributed by atoms with E-state index in [0.717, 1.165) is 29.7 Å². The van der Waals surface area contributed by atoms with E-state index in [0.29, 0.717) is 24.8 Å². The van der Waals surface area contributed by atoms with Gasteiger partial charge in [-0.15, -0.1) is 0 Å². The molecule has 3 N–H and O–H groups in total. The van der Waals surface area contributed by atoms with Crippen LogP contribution >= 0.6 is 0 Å². The maximum Gasteiger partial charge on any atom is 0.258 e. The minimum Gasteiger partial charge on any atom is -0.497 e. The Labute approximate surface area is 199 Å². The van der Waals surface area contributed by atoms with E-state index in [-0.39, 0.29) is 24.3 Å². The molecule has 0 bridgehead atoms. The van der Waals surface area contributed by atoms with Crippen molar-refractivity contribution < 1.29 is 23.9 Å². The first kappa shape index (κ1) is 24.8. The Kier molecular flexibility index (Phi) is 9.08. The molecule has 8 heteroatoms. The van der Waals surface area contributed by atoms with Crippen molar-refractivity contribution in [3.8, 4) is 11.5 Å². The van der Waals surface area contributed by atoms with E-state index in [1.807, 2.05) is 36.4 Å². The van der Waals surface area contributed by atoms with Crippen LogP contribution < -0.4 is 25.4 Å². The summed E-state index contributed by atoms with van der Waals surface area (Å²) < 4.78 is 10.6. The van der Waals surface area contributed by atoms with Crippen molar-refractivity contribution in [2.75, 3.05) is 20.3 Å². The first-order chi connectivity index (χ1) is 16.4. The van der Waals surface area contributed by atoms with Crippen LogP contribution in [0.4, 0.5) is 0 Å². The molecule has 0 saturated heterocycles. The lowest BCUT2D eigenvalue weighted by Gasteiger charge is -2.13. The summed E-state index contributed by atoms with van der Waals surface area (Å²) in [4.78, 5) is 36.0. The average molecular weight is 466 g/mol. The van der Waals surface area contributed by atoms with Crippen LogP contribution in [0.2, 0.25) is 0 Å². The van der Waals surface area contributed by atoms with Crippen LogP contribution in [0.5, 0.6) is 11.5 Å². The molecule has 1 fully saturated rings. The van der Waals surface area contributed by atoms with E-state index in [9.17, 15) is 14.4 Å². The molecule has 34 heavy (non-hydrogen) atoms. The molecule has 1 saturated carbocycles. The molecule has 180 valence electrons. The molecule has 1 unspecified atom stereocenters. The van der Waals surface area contributed by atoms with Crippen LogP contribution in [-0.4, -0.2) is 50.1 Å². The standard InChI is InChI=1S/C26H31N3O5/c1-18(28-24(30)14-7-19-3-10-22(33-2)11-4-19)26(32)27-16-15-20-5-12-23(13-6-20)34-17-25(31)29-21-8-9-21/h3-7,10-14,18,21H,8-9,15-17H2,1-2H3,(H,27,32)(H,28,30)(H,29,31). The Bertz CT molecular complexity index is 998. The summed E-state index contributed by atoms with van der Waals surface area (Å²) in [6, 6.07) is 14.4. The first-order valence-electron chi connectivity index (χ1n) is 11.3. The van der Waals surface area contributed by atoms with Gasteiger partial charge < -0.3 is 25.4 Å². The van der Waals surface area contributed by atoms with Gasteiger partial charge in [-0.1, -0.05) is 24.3 Å². The van der Waals surface area contributed by atoms with Gasteiger partial charge in [0.05, 0.1) is 7.11 Å². The Morgan fingerprint density at radius 3 is 2.35 bits per heavy atom. The summed E-state index contributed by atoms with van der Waals surface area (Å²) in [5.41, 5.74) is 1.88. The molecular weight excluding hydrogens is 434 g/mol. The molecule has 0 spiro atoms. The second kappa shape index (κ2) is 12.4. The number of carbonyl (C=O) groups is 3. The maximum atomic E-state index is 12.3. The number of carbonyl (C=O) groups excluding carboxylic acids is 3. The Balaban J connectivity index is 1.33. The molecular formula is C26H31N3O5. The number of benzene rings is 2. The lowest BCUT2D eigenvalue weighted by molar-refractivity contribution is -0.126. The Morgan fingerprint density at radius 1 is 1.03 bits per heavy atom. The highest BCUT2D eigenvalue weighted by molar-refractivity contribution is 5.95. The summed E-state index contributed by atoms with van der Waals surface area (Å²) >= 11 is 0. The fourth-order valence-corrected chi connectivity index (χ4v) is 3.10. The number of methoxy groups -OCH3 is 1. The Morgan fingerprint density at radius 2 is 1.71 bits per heavy atom. The van der Waals surface area contributed by atoms with Crippen molar-refractivity contribution in [3.63, 3.8) is 0 Å². The lowest BCUT2D eigenvalue weighted by Crippen LogP contribution is -2.44. The number of hydrogen-bond acceptors (Lipinski definition) is 5. The molecule has 0 aromatic heterocycles. The zero-order chi connectivity index (χ0) is 24.3. The normalized spacial score (nSPS) is 13.7. The number of rotatable bonds is 12. The average Bonchev–Trinajstić information content (AvgIpc) is 3.66. The first-order valence-corrected chi connectivity index (χ1v) is 11.3. The third-order valence-electron chi connectivity index (χ3n) is 5.24. The third kappa shape index (κ3) is 8.61. The number of ether oxygens (including phenoxy) is 2. The van der Waals surface area contributed by atoms with Crippen molar-refractivity contribution in [3.05, 3.63) is 65.7 Å². The van der Waals surface area contributed by atoms with E-state index in [2.05, 4.69) is 16.0 Å². The predicted molar refractivity (Wildman–Crippen MR) is 129 cm³/mol. The molecule has 1 atom stereocenters. The van der Waals surface area contributed by atoms with Crippen molar-refractivity contribution >= 4 is 23.8 Å². The minimum absolute atomic E-state index is 0.00476. The van der Waals surface area contributed by atoms with Crippen molar-refractivity contribution in [1.82, 2.24) is 16.0 Å². The lowest BCUT2D eigenvalue weighted by atomic mass is 10.1. The largest absolute Gasteiger partial charge is 0.497 e. The molecule has 1 aliphatic carbocycles. The smallest absolute Gasteiger partial charge is 0.258 e. The van der Waals surface area contributed by atoms with E-state index in [1.54, 1.807) is 32.2 Å². The summed E-state index contributed by atoms with van der Waals surface area (Å²) in [5, 5.41) is 8.36. The third-order valence-corrected chi connectivity index (χ3v) is 5.24. The van der Waals surface area contributed by atoms with Gasteiger partial charge in [-0.25, -0.2) is 0 Å². The summed E-state index contributed by atoms with van der Waals surface area (Å²) in [6.07, 6.45) is 5.79. The highest BCUT2D eigenvalue weighted by Crippen LogP contribution is 2.18. The molecule has 0 heterocycles. The van der Waals surface area contributed by atoms with Gasteiger partial charge in [0, 0.05) is 18.7 Å². The monoisotopic (exact) mass is 465 g/mol. The van der Waals surface area contributed by atoms with E-state index < -0.39 is 6.04 Å². The van der Waals surface area contributed by atoms with Crippen LogP contribution in [-0.2, 0) is 20.8 Å². The van der Waals surface area contributed by atoms with Gasteiger partial charge >= 0.3 is 0 Å². The second-order valence-corrected chi connectivity index (χ2v) is 8.15. The van der Waals surface area contributed by atoms with Crippen LogP contribution in [0.25, 0.3) is 6.08 Å². The highest BCUT2D eigenvalue weighted by Gasteiger charge is 2.23. The molecule has 8 nitrogen and oxygen atoms in total. The fourth-order valence-electron chi connectivity index (χ4n) is 3.10. The van der Waals surface area contributed by atoms with E-state index in [1.165, 1.54) is 6.08 Å². The number of hydrogen-bond donors (Lipinski definition) is 3. The van der Waals surface area contributed by atoms with Crippen LogP contribution in [0.3, 0.4) is 0 Å². The van der Waals surface area contributed by atoms with Gasteiger partial charge in [0.2, 0.25) is 11.8 Å². The van der Waals surface area contributed by atoms with Crippen LogP contribution in [0.15, 0.2) is 54.6 Å². The van der Waals surface area contributed by atoms with Crippen LogP contribution in [0, 0.1) is 0 Å². The predicted octanol–water partition coefficient (Wildman–Crippen LogP) is 2.23. The number of amides is 3. The molecule has 1 aliphatic rings. The molecule has 3 rings (SSSR count). The highest BCUT2D eigenvalue weighted by atomic mass is 16.5. The zero-order valence-corrected chi connectivity index (χ0v) is 19.5. The van der Waals surface area contributed by atoms with Gasteiger partial charge in [0.1, 0.15) is 17.5 Å². The Hall–Kier alpha value is -3.81. The van der Waals surface area contributed by atoms with E-state index >= 15 is 0 Å². The van der Waals surface area contributed by atoms with Crippen LogP contribution in [0.1, 0.15) is 30.9 Å². The van der Waals surface area contributed by atoms with Crippen molar-refractivity contribution in [2.45, 2.75) is 38.3 Å². The van der Waals surface area contributed by atoms with Crippen molar-refractivity contribution in [2.24, 2.45) is 0 Å². The quantitative estimate of drug-likeness (QED) is 0.417. The molecule has 0 radical (unpaired) electrons. The van der Waals surface area contributed by atoms with Crippen molar-refractivity contribution in [1.29, 1.82) is 0 Å². The number of nitrogens with one attached hydrogen (secondary N) is 3. The topological polar surface area (TPSA) is 106 Å². The zero-order valence-electron chi connectivity index (χ0n) is 19.5. The molecule has 2 aromatic carbocycles. The van der Waals surface area contributed by atoms with Gasteiger partial charge in [0.25, 0.3) is 5.91 Å². The van der Waals surface area contributed by atoms with Gasteiger partial charge in [0.15, 0.2) is 6.61 Å². The SMILES string of the molecule is COc1ccc(C=CC(=O)NC(C)C(=O)NCCc2ccc(OCC(=O)NC3CC3)cc2)cc1. The summed E-state index contributed by atoms with van der Waals surface area (Å²) in [7, 11) is 1.59. The summed E-state index contributed by atoms with van der Waals surface area (Å²) in [6.45, 7) is 2.08. The van der Waals surface area contributed by atoms with Gasteiger partial charge in [-0.3, -0.25) is 14.4 Å². The molecule has 0 aliphatic heterocycles. The minimum atomic E-state index is -0.662. The van der Waals surface area contributed by atoms with Gasteiger partial charge in [-0.05, 0) is 67.7 Å². The van der Waals surface area contributed by atoms with E-state index in [4.69, 9.17) is 9.47 Å². The van der Waals surface area contributed by atoms with Gasteiger partial charge in [-0.2, -0.15) is 0 Å². The molecule has 3 amide bonds. The molecule has 2 aromatic rings. The fraction of sp³-hybridized carbons (Fsp3) is 0.346.